The third-order valence-corrected chi connectivity index (χ3v) is 4.55. The summed E-state index contributed by atoms with van der Waals surface area (Å²) in [6, 6.07) is 11.6. The number of aromatic nitrogens is 1. The van der Waals surface area contributed by atoms with Gasteiger partial charge in [0.2, 0.25) is 5.91 Å². The predicted octanol–water partition coefficient (Wildman–Crippen LogP) is 4.18. The maximum absolute atomic E-state index is 12.6. The molecule has 0 bridgehead atoms. The number of pyridine rings is 1. The lowest BCUT2D eigenvalue weighted by Crippen LogP contribution is -2.28. The van der Waals surface area contributed by atoms with Crippen LogP contribution in [0.25, 0.3) is 10.9 Å². The minimum atomic E-state index is -0.206. The van der Waals surface area contributed by atoms with Crippen molar-refractivity contribution in [3.05, 3.63) is 74.6 Å². The predicted molar refractivity (Wildman–Crippen MR) is 107 cm³/mol. The molecule has 0 spiro atoms. The molecular formula is C22H24N2O2. The Balaban J connectivity index is 2.00. The maximum atomic E-state index is 12.6. The van der Waals surface area contributed by atoms with Gasteiger partial charge < -0.3 is 5.32 Å². The molecule has 0 fully saturated rings. The molecule has 0 saturated carbocycles. The summed E-state index contributed by atoms with van der Waals surface area (Å²) in [6.07, 6.45) is 0. The summed E-state index contributed by atoms with van der Waals surface area (Å²) in [7, 11) is 0. The third-order valence-electron chi connectivity index (χ3n) is 4.55. The van der Waals surface area contributed by atoms with Crippen LogP contribution in [0.5, 0.6) is 0 Å². The topological polar surface area (TPSA) is 51.1 Å². The number of aryl methyl sites for hydroxylation is 5. The number of carbonyl (C=O) groups excluding carboxylic acids is 1. The first kappa shape index (κ1) is 17.9. The average Bonchev–Trinajstić information content (AvgIpc) is 2.50. The first-order chi connectivity index (χ1) is 12.2. The highest BCUT2D eigenvalue weighted by molar-refractivity contribution is 5.93. The van der Waals surface area contributed by atoms with Gasteiger partial charge in [0, 0.05) is 17.1 Å². The van der Waals surface area contributed by atoms with E-state index in [9.17, 15) is 9.59 Å². The van der Waals surface area contributed by atoms with Gasteiger partial charge in [-0.3, -0.25) is 14.2 Å². The molecule has 0 aliphatic carbocycles. The van der Waals surface area contributed by atoms with Gasteiger partial charge >= 0.3 is 0 Å². The molecular weight excluding hydrogens is 324 g/mol. The zero-order valence-electron chi connectivity index (χ0n) is 15.9. The van der Waals surface area contributed by atoms with Crippen molar-refractivity contribution in [1.82, 2.24) is 4.57 Å². The van der Waals surface area contributed by atoms with Crippen molar-refractivity contribution in [2.45, 2.75) is 41.2 Å². The Morgan fingerprint density at radius 1 is 0.846 bits per heavy atom. The van der Waals surface area contributed by atoms with Crippen molar-refractivity contribution in [3.8, 4) is 0 Å². The van der Waals surface area contributed by atoms with Gasteiger partial charge in [0.25, 0.3) is 5.56 Å². The number of benzene rings is 2. The van der Waals surface area contributed by atoms with Gasteiger partial charge in [0.15, 0.2) is 0 Å². The molecule has 0 radical (unpaired) electrons. The number of fused-ring (bicyclic) bond motifs is 1. The highest BCUT2D eigenvalue weighted by Crippen LogP contribution is 2.22. The Bertz CT molecular complexity index is 1060. The highest BCUT2D eigenvalue weighted by atomic mass is 16.2. The molecule has 26 heavy (non-hydrogen) atoms. The average molecular weight is 348 g/mol. The summed E-state index contributed by atoms with van der Waals surface area (Å²) in [5.41, 5.74) is 6.68. The molecule has 4 nitrogen and oxygen atoms in total. The number of anilines is 1. The summed E-state index contributed by atoms with van der Waals surface area (Å²) in [5, 5.41) is 3.93. The van der Waals surface area contributed by atoms with Crippen LogP contribution in [0.15, 0.2) is 41.2 Å². The van der Waals surface area contributed by atoms with Crippen molar-refractivity contribution >= 4 is 22.5 Å². The third kappa shape index (κ3) is 3.54. The van der Waals surface area contributed by atoms with Gasteiger partial charge in [0.1, 0.15) is 6.54 Å². The maximum Gasteiger partial charge on any atom is 0.251 e. The lowest BCUT2D eigenvalue weighted by molar-refractivity contribution is -0.116. The molecule has 4 heteroatoms. The van der Waals surface area contributed by atoms with Crippen LogP contribution in [-0.2, 0) is 11.3 Å². The fourth-order valence-corrected chi connectivity index (χ4v) is 3.62. The second-order valence-electron chi connectivity index (χ2n) is 7.15. The molecule has 0 atom stereocenters. The van der Waals surface area contributed by atoms with E-state index in [0.29, 0.717) is 0 Å². The van der Waals surface area contributed by atoms with Gasteiger partial charge in [-0.2, -0.15) is 0 Å². The number of nitrogens with zero attached hydrogens (tertiary/aromatic N) is 1. The standard InChI is InChI=1S/C22H24N2O2/c1-13-6-14(2)9-18(8-13)23-20(25)12-24-21(26)11-16(4)19-10-15(3)7-17(5)22(19)24/h6-11H,12H2,1-5H3,(H,23,25). The van der Waals surface area contributed by atoms with Crippen LogP contribution in [0.3, 0.4) is 0 Å². The van der Waals surface area contributed by atoms with E-state index in [1.807, 2.05) is 52.8 Å². The van der Waals surface area contributed by atoms with Gasteiger partial charge in [-0.15, -0.1) is 0 Å². The number of rotatable bonds is 3. The lowest BCUT2D eigenvalue weighted by atomic mass is 10.0. The zero-order valence-corrected chi connectivity index (χ0v) is 15.9. The minimum absolute atomic E-state index is 0.00744. The van der Waals surface area contributed by atoms with Crippen LogP contribution < -0.4 is 10.9 Å². The molecule has 0 aliphatic rings. The van der Waals surface area contributed by atoms with Crippen molar-refractivity contribution in [1.29, 1.82) is 0 Å². The first-order valence-electron chi connectivity index (χ1n) is 8.74. The molecule has 134 valence electrons. The van der Waals surface area contributed by atoms with E-state index in [-0.39, 0.29) is 18.0 Å². The van der Waals surface area contributed by atoms with Gasteiger partial charge in [-0.1, -0.05) is 17.7 Å². The molecule has 3 rings (SSSR count). The smallest absolute Gasteiger partial charge is 0.251 e. The van der Waals surface area contributed by atoms with Crippen molar-refractivity contribution in [2.75, 3.05) is 5.32 Å². The van der Waals surface area contributed by atoms with Crippen LogP contribution in [0.2, 0.25) is 0 Å². The second kappa shape index (κ2) is 6.79. The number of hydrogen-bond donors (Lipinski definition) is 1. The molecule has 0 aliphatic heterocycles. The SMILES string of the molecule is Cc1cc(C)cc(NC(=O)Cn2c(=O)cc(C)c3cc(C)cc(C)c32)c1. The van der Waals surface area contributed by atoms with E-state index < -0.39 is 0 Å². The fourth-order valence-electron chi connectivity index (χ4n) is 3.62. The molecule has 3 aromatic rings. The minimum Gasteiger partial charge on any atom is -0.325 e. The first-order valence-corrected chi connectivity index (χ1v) is 8.74. The largest absolute Gasteiger partial charge is 0.325 e. The van der Waals surface area contributed by atoms with E-state index in [2.05, 4.69) is 17.4 Å². The molecule has 1 aromatic heterocycles. The van der Waals surface area contributed by atoms with E-state index in [1.165, 1.54) is 0 Å². The summed E-state index contributed by atoms with van der Waals surface area (Å²) in [6.45, 7) is 9.92. The van der Waals surface area contributed by atoms with Crippen LogP contribution in [0.4, 0.5) is 5.69 Å². The Kier molecular flexibility index (Phi) is 4.68. The Hall–Kier alpha value is -2.88. The van der Waals surface area contributed by atoms with Crippen molar-refractivity contribution in [2.24, 2.45) is 0 Å². The second-order valence-corrected chi connectivity index (χ2v) is 7.15. The molecule has 1 N–H and O–H groups in total. The van der Waals surface area contributed by atoms with E-state index in [4.69, 9.17) is 0 Å². The van der Waals surface area contributed by atoms with E-state index in [1.54, 1.807) is 10.6 Å². The molecule has 0 saturated heterocycles. The van der Waals surface area contributed by atoms with Crippen LogP contribution >= 0.6 is 0 Å². The number of hydrogen-bond acceptors (Lipinski definition) is 2. The fraction of sp³-hybridized carbons (Fsp3) is 0.273. The number of carbonyl (C=O) groups is 1. The van der Waals surface area contributed by atoms with E-state index in [0.717, 1.165) is 44.4 Å². The molecule has 0 unspecified atom stereocenters. The molecule has 1 amide bonds. The van der Waals surface area contributed by atoms with Gasteiger partial charge in [0.05, 0.1) is 5.52 Å². The Morgan fingerprint density at radius 3 is 2.12 bits per heavy atom. The van der Waals surface area contributed by atoms with Crippen LogP contribution in [-0.4, -0.2) is 10.5 Å². The normalized spacial score (nSPS) is 11.0. The van der Waals surface area contributed by atoms with Crippen molar-refractivity contribution in [3.63, 3.8) is 0 Å². The highest BCUT2D eigenvalue weighted by Gasteiger charge is 2.13. The van der Waals surface area contributed by atoms with Crippen LogP contribution in [0.1, 0.15) is 27.8 Å². The van der Waals surface area contributed by atoms with Crippen LogP contribution in [0, 0.1) is 34.6 Å². The monoisotopic (exact) mass is 348 g/mol. The summed E-state index contributed by atoms with van der Waals surface area (Å²) in [4.78, 5) is 25.2. The molecule has 1 heterocycles. The Morgan fingerprint density at radius 2 is 1.46 bits per heavy atom. The van der Waals surface area contributed by atoms with Crippen molar-refractivity contribution < 1.29 is 4.79 Å². The lowest BCUT2D eigenvalue weighted by Gasteiger charge is -2.15. The number of amides is 1. The summed E-state index contributed by atoms with van der Waals surface area (Å²) in [5.74, 6) is -0.206. The number of nitrogens with one attached hydrogen (secondary N) is 1. The van der Waals surface area contributed by atoms with Gasteiger partial charge in [-0.05, 0) is 75.1 Å². The quantitative estimate of drug-likeness (QED) is 0.772. The Labute approximate surface area is 153 Å². The van der Waals surface area contributed by atoms with E-state index >= 15 is 0 Å². The summed E-state index contributed by atoms with van der Waals surface area (Å²) < 4.78 is 1.56. The zero-order chi connectivity index (χ0) is 19.0. The van der Waals surface area contributed by atoms with Gasteiger partial charge in [-0.25, -0.2) is 0 Å². The molecule has 2 aromatic carbocycles. The summed E-state index contributed by atoms with van der Waals surface area (Å²) >= 11 is 0.